The summed E-state index contributed by atoms with van der Waals surface area (Å²) in [5, 5.41) is 2.77. The molecule has 152 valence electrons. The van der Waals surface area contributed by atoms with Crippen molar-refractivity contribution in [3.05, 3.63) is 44.6 Å². The van der Waals surface area contributed by atoms with Crippen molar-refractivity contribution < 1.29 is 9.53 Å². The molecule has 2 rings (SSSR count). The molecule has 4 N–H and O–H groups in total. The first-order chi connectivity index (χ1) is 13.3. The minimum Gasteiger partial charge on any atom is -0.495 e. The highest BCUT2D eigenvalue weighted by atomic mass is 16.5. The predicted octanol–water partition coefficient (Wildman–Crippen LogP) is 1.31. The summed E-state index contributed by atoms with van der Waals surface area (Å²) in [7, 11) is 3.09. The van der Waals surface area contributed by atoms with Gasteiger partial charge in [-0.2, -0.15) is 0 Å². The minimum atomic E-state index is -0.626. The quantitative estimate of drug-likeness (QED) is 0.626. The number of nitrogens with zero attached hydrogens (tertiary/aromatic N) is 2. The first-order valence-corrected chi connectivity index (χ1v) is 9.06. The number of H-pyrrole nitrogens is 1. The Morgan fingerprint density at radius 2 is 2.07 bits per heavy atom. The molecule has 0 bridgehead atoms. The number of methoxy groups -OCH3 is 1. The number of unbranched alkanes of at least 4 members (excludes halogenated alkanes) is 1. The van der Waals surface area contributed by atoms with Gasteiger partial charge in [-0.25, -0.2) is 4.79 Å². The van der Waals surface area contributed by atoms with Crippen LogP contribution in [-0.4, -0.2) is 36.2 Å². The van der Waals surface area contributed by atoms with Crippen LogP contribution < -0.4 is 31.9 Å². The molecule has 1 heterocycles. The van der Waals surface area contributed by atoms with Crippen LogP contribution in [0.2, 0.25) is 0 Å². The summed E-state index contributed by atoms with van der Waals surface area (Å²) in [6.45, 7) is 4.16. The van der Waals surface area contributed by atoms with Gasteiger partial charge in [0.25, 0.3) is 5.56 Å². The lowest BCUT2D eigenvalue weighted by molar-refractivity contribution is -0.114. The topological polar surface area (TPSA) is 122 Å². The first kappa shape index (κ1) is 21.1. The van der Waals surface area contributed by atoms with Gasteiger partial charge < -0.3 is 20.7 Å². The minimum absolute atomic E-state index is 0.0469. The van der Waals surface area contributed by atoms with Crippen LogP contribution in [0.5, 0.6) is 5.75 Å². The van der Waals surface area contributed by atoms with Crippen molar-refractivity contribution >= 4 is 23.1 Å². The Labute approximate surface area is 163 Å². The van der Waals surface area contributed by atoms with Crippen molar-refractivity contribution in [2.24, 2.45) is 0 Å². The average molecular weight is 389 g/mol. The summed E-state index contributed by atoms with van der Waals surface area (Å²) in [5.74, 6) is 0.231. The summed E-state index contributed by atoms with van der Waals surface area (Å²) in [6, 6.07) is 5.43. The molecule has 1 aromatic carbocycles. The van der Waals surface area contributed by atoms with Crippen LogP contribution in [0.25, 0.3) is 0 Å². The molecule has 0 aliphatic carbocycles. The number of carbonyl (C=O) groups is 1. The number of aryl methyl sites for hydroxylation is 1. The number of aromatic nitrogens is 2. The Bertz CT molecular complexity index is 964. The lowest BCUT2D eigenvalue weighted by atomic mass is 10.2. The second-order valence-electron chi connectivity index (χ2n) is 6.61. The van der Waals surface area contributed by atoms with E-state index in [0.29, 0.717) is 18.0 Å². The number of aromatic amines is 1. The number of nitrogen functional groups attached to an aromatic ring is 1. The summed E-state index contributed by atoms with van der Waals surface area (Å²) in [4.78, 5) is 40.5. The van der Waals surface area contributed by atoms with Gasteiger partial charge in [-0.05, 0) is 31.0 Å². The van der Waals surface area contributed by atoms with Crippen LogP contribution in [0.1, 0.15) is 25.3 Å². The lowest BCUT2D eigenvalue weighted by Gasteiger charge is -2.21. The van der Waals surface area contributed by atoms with Crippen molar-refractivity contribution in [3.8, 4) is 5.75 Å². The zero-order valence-electron chi connectivity index (χ0n) is 16.7. The predicted molar refractivity (Wildman–Crippen MR) is 110 cm³/mol. The van der Waals surface area contributed by atoms with Gasteiger partial charge in [-0.1, -0.05) is 19.4 Å². The van der Waals surface area contributed by atoms with E-state index in [-0.39, 0.29) is 24.0 Å². The highest BCUT2D eigenvalue weighted by Crippen LogP contribution is 2.25. The third-order valence-corrected chi connectivity index (χ3v) is 4.34. The summed E-state index contributed by atoms with van der Waals surface area (Å²) in [6.07, 6.45) is 1.61. The number of hydrogen-bond donors (Lipinski definition) is 3. The molecule has 0 unspecified atom stereocenters. The second kappa shape index (κ2) is 9.12. The van der Waals surface area contributed by atoms with E-state index >= 15 is 0 Å². The molecule has 0 radical (unpaired) electrons. The molecule has 0 aliphatic heterocycles. The highest BCUT2D eigenvalue weighted by molar-refractivity contribution is 5.95. The largest absolute Gasteiger partial charge is 0.495 e. The van der Waals surface area contributed by atoms with Crippen molar-refractivity contribution in [2.75, 3.05) is 36.7 Å². The summed E-state index contributed by atoms with van der Waals surface area (Å²) < 4.78 is 6.57. The fourth-order valence-corrected chi connectivity index (χ4v) is 2.89. The maximum Gasteiger partial charge on any atom is 0.330 e. The van der Waals surface area contributed by atoms with Gasteiger partial charge in [0.2, 0.25) is 5.91 Å². The van der Waals surface area contributed by atoms with Crippen LogP contribution in [-0.2, 0) is 11.3 Å². The van der Waals surface area contributed by atoms with Gasteiger partial charge in [0.15, 0.2) is 0 Å². The number of rotatable bonds is 8. The SMILES string of the molecule is CCCCn1c(N)c(N(C)CC(=O)Nc2cc(C)ccc2OC)c(=O)[nH]c1=O. The molecule has 28 heavy (non-hydrogen) atoms. The van der Waals surface area contributed by atoms with Crippen LogP contribution in [0.15, 0.2) is 27.8 Å². The molecule has 1 amide bonds. The molecule has 1 aromatic heterocycles. The van der Waals surface area contributed by atoms with Gasteiger partial charge in [-0.3, -0.25) is 19.1 Å². The number of ether oxygens (including phenoxy) is 1. The number of nitrogens with two attached hydrogens (primary N) is 1. The maximum atomic E-state index is 12.5. The summed E-state index contributed by atoms with van der Waals surface area (Å²) in [5.41, 5.74) is 6.48. The van der Waals surface area contributed by atoms with E-state index < -0.39 is 11.2 Å². The van der Waals surface area contributed by atoms with E-state index in [1.807, 2.05) is 19.9 Å². The lowest BCUT2D eigenvalue weighted by Crippen LogP contribution is -2.39. The van der Waals surface area contributed by atoms with Crippen molar-refractivity contribution in [1.82, 2.24) is 9.55 Å². The molecule has 2 aromatic rings. The van der Waals surface area contributed by atoms with E-state index in [1.54, 1.807) is 19.2 Å². The van der Waals surface area contributed by atoms with Gasteiger partial charge in [0.05, 0.1) is 19.3 Å². The van der Waals surface area contributed by atoms with Crippen molar-refractivity contribution in [3.63, 3.8) is 0 Å². The number of amides is 1. The molecule has 0 atom stereocenters. The van der Waals surface area contributed by atoms with Gasteiger partial charge >= 0.3 is 5.69 Å². The monoisotopic (exact) mass is 389 g/mol. The van der Waals surface area contributed by atoms with Gasteiger partial charge in [0.1, 0.15) is 17.3 Å². The smallest absolute Gasteiger partial charge is 0.330 e. The second-order valence-corrected chi connectivity index (χ2v) is 6.61. The molecular formula is C19H27N5O4. The van der Waals surface area contributed by atoms with Crippen LogP contribution >= 0.6 is 0 Å². The number of nitrogens with one attached hydrogen (secondary N) is 2. The standard InChI is InChI=1S/C19H27N5O4/c1-5-6-9-24-17(20)16(18(26)22-19(24)27)23(3)11-15(25)21-13-10-12(2)7-8-14(13)28-4/h7-8,10H,5-6,9,11,20H2,1-4H3,(H,21,25)(H,22,26,27). The van der Waals surface area contributed by atoms with Crippen molar-refractivity contribution in [2.45, 2.75) is 33.2 Å². The van der Waals surface area contributed by atoms with E-state index in [1.165, 1.54) is 16.6 Å². The Balaban J connectivity index is 2.24. The highest BCUT2D eigenvalue weighted by Gasteiger charge is 2.18. The first-order valence-electron chi connectivity index (χ1n) is 9.06. The molecule has 0 aliphatic rings. The van der Waals surface area contributed by atoms with Gasteiger partial charge in [-0.15, -0.1) is 0 Å². The molecule has 9 nitrogen and oxygen atoms in total. The third-order valence-electron chi connectivity index (χ3n) is 4.34. The Morgan fingerprint density at radius 3 is 2.71 bits per heavy atom. The van der Waals surface area contributed by atoms with E-state index in [0.717, 1.165) is 18.4 Å². The van der Waals surface area contributed by atoms with Crippen molar-refractivity contribution in [1.29, 1.82) is 0 Å². The van der Waals surface area contributed by atoms with Crippen LogP contribution in [0.4, 0.5) is 17.2 Å². The zero-order valence-corrected chi connectivity index (χ0v) is 16.7. The number of anilines is 3. The Hall–Kier alpha value is -3.23. The Kier molecular flexibility index (Phi) is 6.86. The average Bonchev–Trinajstić information content (AvgIpc) is 2.61. The summed E-state index contributed by atoms with van der Waals surface area (Å²) >= 11 is 0. The third kappa shape index (κ3) is 4.73. The molecule has 0 saturated carbocycles. The molecular weight excluding hydrogens is 362 g/mol. The molecule has 0 spiro atoms. The molecule has 0 fully saturated rings. The zero-order chi connectivity index (χ0) is 20.8. The maximum absolute atomic E-state index is 12.5. The fraction of sp³-hybridized carbons (Fsp3) is 0.421. The van der Waals surface area contributed by atoms with E-state index in [2.05, 4.69) is 10.3 Å². The van der Waals surface area contributed by atoms with E-state index in [4.69, 9.17) is 10.5 Å². The van der Waals surface area contributed by atoms with Gasteiger partial charge in [0, 0.05) is 13.6 Å². The van der Waals surface area contributed by atoms with Crippen LogP contribution in [0, 0.1) is 6.92 Å². The number of carbonyl (C=O) groups excluding carboxylic acids is 1. The number of hydrogen-bond acceptors (Lipinski definition) is 6. The normalized spacial score (nSPS) is 10.6. The number of likely N-dealkylation sites (N-methyl/N-ethyl adjacent to an activating group) is 1. The van der Waals surface area contributed by atoms with E-state index in [9.17, 15) is 14.4 Å². The molecule has 0 saturated heterocycles. The Morgan fingerprint density at radius 1 is 1.36 bits per heavy atom. The van der Waals surface area contributed by atoms with Crippen LogP contribution in [0.3, 0.4) is 0 Å². The molecule has 9 heteroatoms. The number of benzene rings is 1. The fourth-order valence-electron chi connectivity index (χ4n) is 2.89.